The highest BCUT2D eigenvalue weighted by Gasteiger charge is 2.13. The maximum Gasteiger partial charge on any atom is 0.274 e. The molecule has 0 amide bonds. The molecule has 0 bridgehead atoms. The van der Waals surface area contributed by atoms with Crippen molar-refractivity contribution in [1.82, 2.24) is 0 Å². The Morgan fingerprint density at radius 1 is 1.37 bits per heavy atom. The number of nitrogens with one attached hydrogen (secondary N) is 1. The van der Waals surface area contributed by atoms with Gasteiger partial charge in [0.05, 0.1) is 17.0 Å². The summed E-state index contributed by atoms with van der Waals surface area (Å²) in [5.74, 6) is -0.619. The second-order valence-corrected chi connectivity index (χ2v) is 5.59. The number of benzene rings is 1. The average molecular weight is 280 g/mol. The average Bonchev–Trinajstić information content (AvgIpc) is 2.75. The van der Waals surface area contributed by atoms with Crippen molar-refractivity contribution in [3.8, 4) is 0 Å². The van der Waals surface area contributed by atoms with E-state index < -0.39 is 10.7 Å². The molecule has 4 nitrogen and oxygen atoms in total. The summed E-state index contributed by atoms with van der Waals surface area (Å²) in [6.07, 6.45) is 0. The van der Waals surface area contributed by atoms with Crippen molar-refractivity contribution in [3.63, 3.8) is 0 Å². The number of nitro groups is 1. The van der Waals surface area contributed by atoms with E-state index in [0.29, 0.717) is 5.69 Å². The van der Waals surface area contributed by atoms with Crippen LogP contribution in [0.25, 0.3) is 0 Å². The molecule has 0 aliphatic rings. The lowest BCUT2D eigenvalue weighted by molar-refractivity contribution is -0.385. The Kier molecular flexibility index (Phi) is 3.80. The van der Waals surface area contributed by atoms with Gasteiger partial charge in [-0.3, -0.25) is 10.1 Å². The predicted octanol–water partition coefficient (Wildman–Crippen LogP) is 4.28. The number of hydrogen-bond donors (Lipinski definition) is 1. The van der Waals surface area contributed by atoms with E-state index in [2.05, 4.69) is 5.32 Å². The minimum Gasteiger partial charge on any atom is -0.377 e. The lowest BCUT2D eigenvalue weighted by Crippen LogP contribution is -2.05. The number of aryl methyl sites for hydroxylation is 1. The summed E-state index contributed by atoms with van der Waals surface area (Å²) < 4.78 is 13.3. The van der Waals surface area contributed by atoms with E-state index in [4.69, 9.17) is 0 Å². The highest BCUT2D eigenvalue weighted by molar-refractivity contribution is 7.12. The molecule has 1 aromatic heterocycles. The van der Waals surface area contributed by atoms with Crippen molar-refractivity contribution < 1.29 is 9.31 Å². The highest BCUT2D eigenvalue weighted by Crippen LogP contribution is 2.27. The Labute approximate surface area is 114 Å². The van der Waals surface area contributed by atoms with Crippen LogP contribution in [-0.4, -0.2) is 4.92 Å². The van der Waals surface area contributed by atoms with Gasteiger partial charge in [-0.15, -0.1) is 11.3 Å². The number of non-ortho nitro benzene ring substituents is 1. The molecule has 6 heteroatoms. The molecule has 2 aromatic rings. The van der Waals surface area contributed by atoms with Crippen LogP contribution in [0.4, 0.5) is 15.8 Å². The van der Waals surface area contributed by atoms with Crippen LogP contribution in [0, 0.1) is 22.9 Å². The smallest absolute Gasteiger partial charge is 0.274 e. The fraction of sp³-hybridized carbons (Fsp3) is 0.231. The molecule has 1 atom stereocenters. The molecule has 0 fully saturated rings. The van der Waals surface area contributed by atoms with E-state index >= 15 is 0 Å². The van der Waals surface area contributed by atoms with E-state index in [0.717, 1.165) is 10.9 Å². The second-order valence-electron chi connectivity index (χ2n) is 4.27. The third-order valence-corrected chi connectivity index (χ3v) is 3.85. The number of hydrogen-bond acceptors (Lipinski definition) is 4. The maximum absolute atomic E-state index is 13.3. The Bertz CT molecular complexity index is 612. The van der Waals surface area contributed by atoms with Crippen LogP contribution in [0.15, 0.2) is 30.3 Å². The molecule has 100 valence electrons. The van der Waals surface area contributed by atoms with Crippen molar-refractivity contribution in [2.24, 2.45) is 0 Å². The van der Waals surface area contributed by atoms with Crippen LogP contribution in [0.1, 0.15) is 22.7 Å². The van der Waals surface area contributed by atoms with Gasteiger partial charge in [0.15, 0.2) is 0 Å². The van der Waals surface area contributed by atoms with Gasteiger partial charge in [-0.1, -0.05) is 0 Å². The molecule has 1 aromatic carbocycles. The van der Waals surface area contributed by atoms with Gasteiger partial charge in [0.25, 0.3) is 5.69 Å². The molecule has 19 heavy (non-hydrogen) atoms. The molecular formula is C13H13FN2O2S. The summed E-state index contributed by atoms with van der Waals surface area (Å²) in [6, 6.07) is 7.47. The van der Waals surface area contributed by atoms with Gasteiger partial charge in [-0.05, 0) is 32.0 Å². The van der Waals surface area contributed by atoms with Gasteiger partial charge in [-0.25, -0.2) is 4.39 Å². The minimum absolute atomic E-state index is 0.0277. The monoisotopic (exact) mass is 280 g/mol. The Morgan fingerprint density at radius 3 is 2.68 bits per heavy atom. The third kappa shape index (κ3) is 3.29. The number of rotatable bonds is 4. The predicted molar refractivity (Wildman–Crippen MR) is 74.1 cm³/mol. The quantitative estimate of drug-likeness (QED) is 0.672. The fourth-order valence-electron chi connectivity index (χ4n) is 1.77. The molecule has 0 radical (unpaired) electrons. The van der Waals surface area contributed by atoms with E-state index in [1.807, 2.05) is 26.0 Å². The van der Waals surface area contributed by atoms with Gasteiger partial charge >= 0.3 is 0 Å². The lowest BCUT2D eigenvalue weighted by Gasteiger charge is -2.13. The largest absolute Gasteiger partial charge is 0.377 e. The second kappa shape index (κ2) is 5.36. The molecule has 0 spiro atoms. The first-order valence-corrected chi connectivity index (χ1v) is 6.55. The zero-order valence-corrected chi connectivity index (χ0v) is 11.3. The third-order valence-electron chi connectivity index (χ3n) is 2.66. The Morgan fingerprint density at radius 2 is 2.11 bits per heavy atom. The number of halogens is 1. The van der Waals surface area contributed by atoms with E-state index in [9.17, 15) is 14.5 Å². The van der Waals surface area contributed by atoms with Crippen molar-refractivity contribution >= 4 is 22.7 Å². The normalized spacial score (nSPS) is 12.2. The Hall–Kier alpha value is -1.95. The standard InChI is InChI=1S/C13H13FN2O2S/c1-8-3-4-13(19-8)9(2)15-11-5-10(14)6-12(7-11)16(17)18/h3-7,9,15H,1-2H3. The molecule has 1 N–H and O–H groups in total. The van der Waals surface area contributed by atoms with Crippen LogP contribution in [-0.2, 0) is 0 Å². The molecule has 0 saturated carbocycles. The summed E-state index contributed by atoms with van der Waals surface area (Å²) in [6.45, 7) is 3.94. The minimum atomic E-state index is -0.619. The summed E-state index contributed by atoms with van der Waals surface area (Å²) in [7, 11) is 0. The van der Waals surface area contributed by atoms with E-state index in [1.54, 1.807) is 11.3 Å². The van der Waals surface area contributed by atoms with Gasteiger partial charge in [0.2, 0.25) is 0 Å². The van der Waals surface area contributed by atoms with Crippen LogP contribution in [0.2, 0.25) is 0 Å². The SMILES string of the molecule is Cc1ccc(C(C)Nc2cc(F)cc([N+](=O)[O-])c2)s1. The first kappa shape index (κ1) is 13.5. The van der Waals surface area contributed by atoms with Crippen LogP contribution >= 0.6 is 11.3 Å². The molecular weight excluding hydrogens is 267 g/mol. The first-order valence-electron chi connectivity index (χ1n) is 5.73. The van der Waals surface area contributed by atoms with E-state index in [1.165, 1.54) is 17.0 Å². The van der Waals surface area contributed by atoms with Gasteiger partial charge in [-0.2, -0.15) is 0 Å². The van der Waals surface area contributed by atoms with Crippen molar-refractivity contribution in [3.05, 3.63) is 56.0 Å². The molecule has 1 unspecified atom stereocenters. The summed E-state index contributed by atoms with van der Waals surface area (Å²) in [5.41, 5.74) is 0.155. The van der Waals surface area contributed by atoms with Crippen molar-refractivity contribution in [1.29, 1.82) is 0 Å². The van der Waals surface area contributed by atoms with Crippen molar-refractivity contribution in [2.75, 3.05) is 5.32 Å². The zero-order valence-electron chi connectivity index (χ0n) is 10.5. The molecule has 0 aliphatic carbocycles. The molecule has 0 saturated heterocycles. The molecule has 0 aliphatic heterocycles. The van der Waals surface area contributed by atoms with Crippen LogP contribution in [0.5, 0.6) is 0 Å². The number of nitro benzene ring substituents is 1. The van der Waals surface area contributed by atoms with Gasteiger partial charge in [0, 0.05) is 21.5 Å². The summed E-state index contributed by atoms with van der Waals surface area (Å²) >= 11 is 1.64. The van der Waals surface area contributed by atoms with Crippen LogP contribution in [0.3, 0.4) is 0 Å². The molecule has 1 heterocycles. The first-order chi connectivity index (χ1) is 8.95. The summed E-state index contributed by atoms with van der Waals surface area (Å²) in [4.78, 5) is 12.4. The maximum atomic E-state index is 13.3. The highest BCUT2D eigenvalue weighted by atomic mass is 32.1. The van der Waals surface area contributed by atoms with Crippen molar-refractivity contribution in [2.45, 2.75) is 19.9 Å². The number of nitrogens with zero attached hydrogens (tertiary/aromatic N) is 1. The van der Waals surface area contributed by atoms with Gasteiger partial charge in [0.1, 0.15) is 5.82 Å². The number of thiophene rings is 1. The summed E-state index contributed by atoms with van der Waals surface area (Å²) in [5, 5.41) is 13.8. The Balaban J connectivity index is 2.21. The number of anilines is 1. The van der Waals surface area contributed by atoms with E-state index in [-0.39, 0.29) is 11.7 Å². The fourth-order valence-corrected chi connectivity index (χ4v) is 2.65. The van der Waals surface area contributed by atoms with Crippen LogP contribution < -0.4 is 5.32 Å². The lowest BCUT2D eigenvalue weighted by atomic mass is 10.2. The molecule has 2 rings (SSSR count). The zero-order chi connectivity index (χ0) is 14.0. The topological polar surface area (TPSA) is 55.2 Å². The van der Waals surface area contributed by atoms with Gasteiger partial charge < -0.3 is 5.32 Å².